The monoisotopic (exact) mass is 461 g/mol. The van der Waals surface area contributed by atoms with Gasteiger partial charge in [-0.3, -0.25) is 9.69 Å². The second kappa shape index (κ2) is 9.53. The third kappa shape index (κ3) is 4.95. The number of thiazole rings is 1. The zero-order valence-corrected chi connectivity index (χ0v) is 19.5. The Bertz CT molecular complexity index is 1320. The molecule has 0 radical (unpaired) electrons. The molecule has 4 rings (SSSR count). The number of amides is 1. The van der Waals surface area contributed by atoms with Crippen molar-refractivity contribution in [3.63, 3.8) is 0 Å². The normalized spacial score (nSPS) is 11.2. The maximum atomic E-state index is 13.3. The Morgan fingerprint density at radius 3 is 2.64 bits per heavy atom. The summed E-state index contributed by atoms with van der Waals surface area (Å²) < 4.78 is 16.3. The predicted molar refractivity (Wildman–Crippen MR) is 129 cm³/mol. The molecule has 0 saturated heterocycles. The van der Waals surface area contributed by atoms with Gasteiger partial charge in [-0.2, -0.15) is 5.26 Å². The number of hydrogen-bond acceptors (Lipinski definition) is 5. The molecule has 2 aromatic carbocycles. The highest BCUT2D eigenvalue weighted by atomic mass is 32.1. The van der Waals surface area contributed by atoms with Crippen molar-refractivity contribution in [3.8, 4) is 6.07 Å². The lowest BCUT2D eigenvalue weighted by Gasteiger charge is -2.17. The Labute approximate surface area is 195 Å². The van der Waals surface area contributed by atoms with Crippen molar-refractivity contribution < 1.29 is 9.18 Å². The molecule has 0 aliphatic rings. The number of anilines is 1. The summed E-state index contributed by atoms with van der Waals surface area (Å²) in [7, 11) is 1.87. The van der Waals surface area contributed by atoms with E-state index in [4.69, 9.17) is 0 Å². The Morgan fingerprint density at radius 2 is 1.94 bits per heavy atom. The van der Waals surface area contributed by atoms with E-state index in [2.05, 4.69) is 16.4 Å². The lowest BCUT2D eigenvalue weighted by molar-refractivity contribution is -0.117. The number of nitrogens with one attached hydrogen (secondary N) is 1. The summed E-state index contributed by atoms with van der Waals surface area (Å²) in [6, 6.07) is 16.4. The molecule has 4 aromatic rings. The molecule has 2 heterocycles. The molecule has 8 heteroatoms. The van der Waals surface area contributed by atoms with Crippen LogP contribution < -0.4 is 5.32 Å². The van der Waals surface area contributed by atoms with Gasteiger partial charge < -0.3 is 9.88 Å². The summed E-state index contributed by atoms with van der Waals surface area (Å²) in [5, 5.41) is 13.6. The molecule has 0 atom stereocenters. The first kappa shape index (κ1) is 22.6. The fourth-order valence-corrected chi connectivity index (χ4v) is 4.84. The lowest BCUT2D eigenvalue weighted by atomic mass is 10.2. The topological polar surface area (TPSA) is 74.0 Å². The van der Waals surface area contributed by atoms with Crippen LogP contribution in [0.3, 0.4) is 0 Å². The number of para-hydroxylation sites is 1. The highest BCUT2D eigenvalue weighted by Gasteiger charge is 2.20. The summed E-state index contributed by atoms with van der Waals surface area (Å²) in [6.07, 6.45) is 0. The molecule has 0 saturated carbocycles. The van der Waals surface area contributed by atoms with E-state index in [1.807, 2.05) is 54.6 Å². The first-order valence-electron chi connectivity index (χ1n) is 10.5. The van der Waals surface area contributed by atoms with Crippen molar-refractivity contribution in [2.24, 2.45) is 0 Å². The van der Waals surface area contributed by atoms with Crippen molar-refractivity contribution in [2.75, 3.05) is 18.9 Å². The second-order valence-electron chi connectivity index (χ2n) is 8.05. The van der Waals surface area contributed by atoms with Crippen LogP contribution in [0.5, 0.6) is 0 Å². The number of rotatable bonds is 7. The summed E-state index contributed by atoms with van der Waals surface area (Å²) in [6.45, 7) is 4.90. The first-order chi connectivity index (χ1) is 15.9. The van der Waals surface area contributed by atoms with Crippen molar-refractivity contribution in [2.45, 2.75) is 26.9 Å². The van der Waals surface area contributed by atoms with E-state index in [9.17, 15) is 14.4 Å². The molecule has 6 nitrogen and oxygen atoms in total. The second-order valence-corrected chi connectivity index (χ2v) is 9.17. The van der Waals surface area contributed by atoms with Crippen molar-refractivity contribution in [1.82, 2.24) is 14.5 Å². The summed E-state index contributed by atoms with van der Waals surface area (Å²) in [4.78, 5) is 19.4. The van der Waals surface area contributed by atoms with Gasteiger partial charge in [0.1, 0.15) is 22.7 Å². The van der Waals surface area contributed by atoms with E-state index >= 15 is 0 Å². The SMILES string of the molecule is Cc1c(C#N)c(NC(=O)CN(C)Cc2nc3ccccc3s2)n(Cc2ccc(F)cc2)c1C. The summed E-state index contributed by atoms with van der Waals surface area (Å²) >= 11 is 1.61. The summed E-state index contributed by atoms with van der Waals surface area (Å²) in [5.74, 6) is -0.0512. The predicted octanol–water partition coefficient (Wildman–Crippen LogP) is 4.84. The van der Waals surface area contributed by atoms with Crippen LogP contribution in [0.4, 0.5) is 10.2 Å². The maximum absolute atomic E-state index is 13.3. The van der Waals surface area contributed by atoms with Gasteiger partial charge in [0.25, 0.3) is 0 Å². The molecule has 0 fully saturated rings. The Kier molecular flexibility index (Phi) is 6.54. The van der Waals surface area contributed by atoms with Gasteiger partial charge in [-0.15, -0.1) is 11.3 Å². The molecular weight excluding hydrogens is 437 g/mol. The first-order valence-corrected chi connectivity index (χ1v) is 11.3. The molecule has 1 amide bonds. The molecule has 0 spiro atoms. The number of nitriles is 1. The van der Waals surface area contributed by atoms with Crippen LogP contribution in [0.2, 0.25) is 0 Å². The third-order valence-corrected chi connectivity index (χ3v) is 6.63. The Balaban J connectivity index is 1.49. The minimum Gasteiger partial charge on any atom is -0.326 e. The number of likely N-dealkylation sites (N-methyl/N-ethyl adjacent to an activating group) is 1. The van der Waals surface area contributed by atoms with Crippen LogP contribution in [-0.4, -0.2) is 34.0 Å². The summed E-state index contributed by atoms with van der Waals surface area (Å²) in [5.41, 5.74) is 3.98. The minimum atomic E-state index is -0.304. The van der Waals surface area contributed by atoms with Gasteiger partial charge in [0.2, 0.25) is 5.91 Å². The Morgan fingerprint density at radius 1 is 1.21 bits per heavy atom. The molecule has 0 unspecified atom stereocenters. The van der Waals surface area contributed by atoms with Gasteiger partial charge in [-0.05, 0) is 56.3 Å². The van der Waals surface area contributed by atoms with E-state index in [1.165, 1.54) is 12.1 Å². The van der Waals surface area contributed by atoms with Gasteiger partial charge in [-0.25, -0.2) is 9.37 Å². The van der Waals surface area contributed by atoms with Crippen LogP contribution in [0.15, 0.2) is 48.5 Å². The average Bonchev–Trinajstić information content (AvgIpc) is 3.28. The van der Waals surface area contributed by atoms with Crippen LogP contribution in [-0.2, 0) is 17.9 Å². The van der Waals surface area contributed by atoms with Crippen LogP contribution in [0, 0.1) is 31.0 Å². The quantitative estimate of drug-likeness (QED) is 0.427. The van der Waals surface area contributed by atoms with Gasteiger partial charge in [0.05, 0.1) is 28.9 Å². The van der Waals surface area contributed by atoms with Crippen molar-refractivity contribution in [3.05, 3.63) is 81.7 Å². The van der Waals surface area contributed by atoms with Crippen LogP contribution in [0.1, 0.15) is 27.4 Å². The van der Waals surface area contributed by atoms with E-state index in [0.717, 1.165) is 32.0 Å². The molecule has 0 bridgehead atoms. The maximum Gasteiger partial charge on any atom is 0.239 e. The average molecular weight is 462 g/mol. The highest BCUT2D eigenvalue weighted by Crippen LogP contribution is 2.27. The van der Waals surface area contributed by atoms with Gasteiger partial charge in [-0.1, -0.05) is 24.3 Å². The number of aromatic nitrogens is 2. The van der Waals surface area contributed by atoms with Crippen LogP contribution in [0.25, 0.3) is 10.2 Å². The fraction of sp³-hybridized carbons (Fsp3) is 0.240. The van der Waals surface area contributed by atoms with Gasteiger partial charge >= 0.3 is 0 Å². The van der Waals surface area contributed by atoms with Crippen LogP contribution >= 0.6 is 11.3 Å². The van der Waals surface area contributed by atoms with Gasteiger partial charge in [0, 0.05) is 12.2 Å². The van der Waals surface area contributed by atoms with E-state index < -0.39 is 0 Å². The molecule has 0 aliphatic heterocycles. The molecule has 0 aliphatic carbocycles. The zero-order valence-electron chi connectivity index (χ0n) is 18.7. The zero-order chi connectivity index (χ0) is 23.5. The van der Waals surface area contributed by atoms with E-state index in [1.54, 1.807) is 23.5 Å². The number of fused-ring (bicyclic) bond motifs is 1. The third-order valence-electron chi connectivity index (χ3n) is 5.61. The number of carbonyl (C=O) groups is 1. The largest absolute Gasteiger partial charge is 0.326 e. The number of nitrogens with zero attached hydrogens (tertiary/aromatic N) is 4. The number of benzene rings is 2. The highest BCUT2D eigenvalue weighted by molar-refractivity contribution is 7.18. The molecule has 168 valence electrons. The molecule has 33 heavy (non-hydrogen) atoms. The standard InChI is InChI=1S/C25H24FN5OS/c1-16-17(2)31(13-18-8-10-19(26)11-9-18)25(20(16)12-27)29-23(32)14-30(3)15-24-28-21-6-4-5-7-22(21)33-24/h4-11H,13-15H2,1-3H3,(H,29,32). The van der Waals surface area contributed by atoms with E-state index in [0.29, 0.717) is 24.5 Å². The smallest absolute Gasteiger partial charge is 0.239 e. The van der Waals surface area contributed by atoms with Gasteiger partial charge in [0.15, 0.2) is 0 Å². The van der Waals surface area contributed by atoms with Crippen molar-refractivity contribution in [1.29, 1.82) is 5.26 Å². The number of halogens is 1. The molecule has 1 N–H and O–H groups in total. The lowest BCUT2D eigenvalue weighted by Crippen LogP contribution is -2.30. The Hall–Kier alpha value is -3.54. The number of hydrogen-bond donors (Lipinski definition) is 1. The molecular formula is C25H24FN5OS. The minimum absolute atomic E-state index is 0.153. The fourth-order valence-electron chi connectivity index (χ4n) is 3.79. The number of carbonyl (C=O) groups excluding carboxylic acids is 1. The van der Waals surface area contributed by atoms with Crippen molar-refractivity contribution >= 4 is 33.3 Å². The van der Waals surface area contributed by atoms with E-state index in [-0.39, 0.29) is 18.3 Å². The molecule has 2 aromatic heterocycles.